The smallest absolute Gasteiger partial charge is 0.256 e. The maximum absolute atomic E-state index is 12.6. The van der Waals surface area contributed by atoms with Gasteiger partial charge in [0.15, 0.2) is 0 Å². The van der Waals surface area contributed by atoms with Gasteiger partial charge in [-0.25, -0.2) is 4.98 Å². The Hall–Kier alpha value is -1.70. The lowest BCUT2D eigenvalue weighted by Crippen LogP contribution is -2.56. The molecule has 4 N–H and O–H groups in total. The lowest BCUT2D eigenvalue weighted by Gasteiger charge is -2.41. The fourth-order valence-electron chi connectivity index (χ4n) is 4.38. The Labute approximate surface area is 168 Å². The highest BCUT2D eigenvalue weighted by Crippen LogP contribution is 2.26. The number of anilines is 1. The van der Waals surface area contributed by atoms with Gasteiger partial charge < -0.3 is 26.0 Å². The van der Waals surface area contributed by atoms with E-state index in [0.29, 0.717) is 23.5 Å². The molecule has 1 aliphatic heterocycles. The fourth-order valence-corrected chi connectivity index (χ4v) is 4.38. The van der Waals surface area contributed by atoms with Crippen LogP contribution in [0, 0.1) is 6.92 Å². The average molecular weight is 390 g/mol. The summed E-state index contributed by atoms with van der Waals surface area (Å²) >= 11 is 0. The van der Waals surface area contributed by atoms with Crippen molar-refractivity contribution in [1.29, 1.82) is 0 Å². The topological polar surface area (TPSA) is 92.5 Å². The SMILES string of the molecule is CO[C@H]1CN(c2ncc(C)cc2C(=O)NC(C)N)CC[C@H]1NC1CCCCC1. The molecule has 156 valence electrons. The van der Waals surface area contributed by atoms with E-state index >= 15 is 0 Å². The molecular formula is C21H35N5O2. The zero-order valence-corrected chi connectivity index (χ0v) is 17.4. The summed E-state index contributed by atoms with van der Waals surface area (Å²) < 4.78 is 5.83. The van der Waals surface area contributed by atoms with E-state index in [0.717, 1.165) is 25.1 Å². The number of amides is 1. The van der Waals surface area contributed by atoms with Crippen molar-refractivity contribution in [3.63, 3.8) is 0 Å². The van der Waals surface area contributed by atoms with Crippen molar-refractivity contribution in [2.75, 3.05) is 25.1 Å². The van der Waals surface area contributed by atoms with Gasteiger partial charge in [-0.2, -0.15) is 0 Å². The first-order chi connectivity index (χ1) is 13.5. The second-order valence-electron chi connectivity index (χ2n) is 8.26. The van der Waals surface area contributed by atoms with Gasteiger partial charge in [-0.15, -0.1) is 0 Å². The van der Waals surface area contributed by atoms with Crippen LogP contribution in [0.1, 0.15) is 61.4 Å². The van der Waals surface area contributed by atoms with Crippen LogP contribution in [-0.4, -0.2) is 55.4 Å². The van der Waals surface area contributed by atoms with Gasteiger partial charge in [-0.3, -0.25) is 4.79 Å². The highest BCUT2D eigenvalue weighted by Gasteiger charge is 2.33. The zero-order chi connectivity index (χ0) is 20.1. The molecule has 0 bridgehead atoms. The number of hydrogen-bond acceptors (Lipinski definition) is 6. The summed E-state index contributed by atoms with van der Waals surface area (Å²) in [5.74, 6) is 0.527. The molecule has 0 spiro atoms. The molecule has 2 aliphatic rings. The summed E-state index contributed by atoms with van der Waals surface area (Å²) in [6.45, 7) is 5.26. The summed E-state index contributed by atoms with van der Waals surface area (Å²) in [6.07, 6.45) is 8.97. The van der Waals surface area contributed by atoms with Crippen LogP contribution >= 0.6 is 0 Å². The predicted octanol–water partition coefficient (Wildman–Crippen LogP) is 1.94. The molecule has 1 aliphatic carbocycles. The van der Waals surface area contributed by atoms with E-state index in [-0.39, 0.29) is 12.0 Å². The van der Waals surface area contributed by atoms with Gasteiger partial charge in [-0.05, 0) is 44.7 Å². The second kappa shape index (κ2) is 9.67. The number of rotatable bonds is 6. The van der Waals surface area contributed by atoms with Crippen LogP contribution in [0.2, 0.25) is 0 Å². The van der Waals surface area contributed by atoms with Crippen molar-refractivity contribution in [3.8, 4) is 0 Å². The Kier molecular flexibility index (Phi) is 7.26. The number of carbonyl (C=O) groups is 1. The normalized spacial score (nSPS) is 24.8. The number of carbonyl (C=O) groups excluding carboxylic acids is 1. The highest BCUT2D eigenvalue weighted by molar-refractivity contribution is 5.99. The number of nitrogens with two attached hydrogens (primary N) is 1. The zero-order valence-electron chi connectivity index (χ0n) is 17.4. The number of nitrogens with one attached hydrogen (secondary N) is 2. The molecule has 3 atom stereocenters. The number of hydrogen-bond donors (Lipinski definition) is 3. The minimum Gasteiger partial charge on any atom is -0.378 e. The van der Waals surface area contributed by atoms with Gasteiger partial charge >= 0.3 is 0 Å². The van der Waals surface area contributed by atoms with E-state index in [1.165, 1.54) is 32.1 Å². The van der Waals surface area contributed by atoms with Crippen molar-refractivity contribution in [3.05, 3.63) is 23.4 Å². The van der Waals surface area contributed by atoms with Crippen LogP contribution < -0.4 is 21.3 Å². The van der Waals surface area contributed by atoms with Gasteiger partial charge in [0.1, 0.15) is 5.82 Å². The van der Waals surface area contributed by atoms with Crippen LogP contribution in [-0.2, 0) is 4.74 Å². The number of pyridine rings is 1. The van der Waals surface area contributed by atoms with E-state index in [9.17, 15) is 4.79 Å². The van der Waals surface area contributed by atoms with Crippen LogP contribution in [0.25, 0.3) is 0 Å². The second-order valence-corrected chi connectivity index (χ2v) is 8.26. The van der Waals surface area contributed by atoms with Crippen molar-refractivity contribution < 1.29 is 9.53 Å². The van der Waals surface area contributed by atoms with Crippen LogP contribution in [0.3, 0.4) is 0 Å². The summed E-state index contributed by atoms with van der Waals surface area (Å²) in [5, 5.41) is 6.62. The van der Waals surface area contributed by atoms with Gasteiger partial charge in [0.25, 0.3) is 5.91 Å². The molecule has 0 aromatic carbocycles. The summed E-state index contributed by atoms with van der Waals surface area (Å²) in [7, 11) is 1.77. The maximum atomic E-state index is 12.6. The van der Waals surface area contributed by atoms with Crippen molar-refractivity contribution >= 4 is 11.7 Å². The fraction of sp³-hybridized carbons (Fsp3) is 0.714. The third-order valence-corrected chi connectivity index (χ3v) is 5.82. The molecule has 1 saturated heterocycles. The van der Waals surface area contributed by atoms with Crippen LogP contribution in [0.4, 0.5) is 5.82 Å². The molecule has 28 heavy (non-hydrogen) atoms. The highest BCUT2D eigenvalue weighted by atomic mass is 16.5. The molecule has 1 amide bonds. The van der Waals surface area contributed by atoms with Crippen molar-refractivity contribution in [2.24, 2.45) is 5.73 Å². The number of nitrogens with zero attached hydrogens (tertiary/aromatic N) is 2. The molecule has 1 unspecified atom stereocenters. The molecule has 1 aromatic heterocycles. The van der Waals surface area contributed by atoms with Crippen molar-refractivity contribution in [2.45, 2.75) is 76.7 Å². The minimum absolute atomic E-state index is 0.0723. The van der Waals surface area contributed by atoms with E-state index in [1.54, 1.807) is 14.0 Å². The number of methoxy groups -OCH3 is 1. The molecule has 7 heteroatoms. The quantitative estimate of drug-likeness (QED) is 0.644. The first-order valence-corrected chi connectivity index (χ1v) is 10.5. The van der Waals surface area contributed by atoms with Gasteiger partial charge in [0, 0.05) is 38.5 Å². The lowest BCUT2D eigenvalue weighted by molar-refractivity contribution is 0.0533. The van der Waals surface area contributed by atoms with Gasteiger partial charge in [-0.1, -0.05) is 19.3 Å². The summed E-state index contributed by atoms with van der Waals surface area (Å²) in [4.78, 5) is 19.4. The Morgan fingerprint density at radius 1 is 1.32 bits per heavy atom. The first-order valence-electron chi connectivity index (χ1n) is 10.5. The average Bonchev–Trinajstić information content (AvgIpc) is 2.68. The van der Waals surface area contributed by atoms with Crippen LogP contribution in [0.5, 0.6) is 0 Å². The molecule has 2 heterocycles. The number of ether oxygens (including phenoxy) is 1. The Morgan fingerprint density at radius 2 is 2.07 bits per heavy atom. The summed E-state index contributed by atoms with van der Waals surface area (Å²) in [5.41, 5.74) is 7.28. The van der Waals surface area contributed by atoms with E-state index in [1.807, 2.05) is 19.2 Å². The third kappa shape index (κ3) is 5.21. The van der Waals surface area contributed by atoms with E-state index < -0.39 is 6.17 Å². The monoisotopic (exact) mass is 389 g/mol. The molecule has 1 aromatic rings. The molecule has 2 fully saturated rings. The van der Waals surface area contributed by atoms with Gasteiger partial charge in [0.2, 0.25) is 0 Å². The molecule has 7 nitrogen and oxygen atoms in total. The van der Waals surface area contributed by atoms with E-state index in [2.05, 4.69) is 20.5 Å². The largest absolute Gasteiger partial charge is 0.378 e. The maximum Gasteiger partial charge on any atom is 0.256 e. The van der Waals surface area contributed by atoms with Gasteiger partial charge in [0.05, 0.1) is 17.8 Å². The number of piperidine rings is 1. The van der Waals surface area contributed by atoms with Crippen LogP contribution in [0.15, 0.2) is 12.3 Å². The lowest BCUT2D eigenvalue weighted by atomic mass is 9.92. The third-order valence-electron chi connectivity index (χ3n) is 5.82. The summed E-state index contributed by atoms with van der Waals surface area (Å²) in [6, 6.07) is 2.83. The van der Waals surface area contributed by atoms with E-state index in [4.69, 9.17) is 10.5 Å². The Balaban J connectivity index is 1.72. The number of aromatic nitrogens is 1. The molecular weight excluding hydrogens is 354 g/mol. The molecule has 3 rings (SSSR count). The predicted molar refractivity (Wildman–Crippen MR) is 112 cm³/mol. The molecule has 0 radical (unpaired) electrons. The number of aryl methyl sites for hydroxylation is 1. The first kappa shape index (κ1) is 21.0. The molecule has 1 saturated carbocycles. The Bertz CT molecular complexity index is 660. The van der Waals surface area contributed by atoms with Crippen molar-refractivity contribution in [1.82, 2.24) is 15.6 Å². The standard InChI is InChI=1S/C21H35N5O2/c1-14-11-17(21(27)24-15(2)22)20(23-12-14)26-10-9-18(19(13-26)28-3)25-16-7-5-4-6-8-16/h11-12,15-16,18-19,25H,4-10,13,22H2,1-3H3,(H,24,27)/t15?,18-,19+/m1/s1. The minimum atomic E-state index is -0.405. The Morgan fingerprint density at radius 3 is 2.75 bits per heavy atom.